The van der Waals surface area contributed by atoms with E-state index in [0.717, 1.165) is 15.8 Å². The standard InChI is InChI=1S/C18H19F3N6O/c1-11-12(2)16(24-27-15(11)22-23-17(27)18(19,20)21)26-9-7-25(8-10-26)13-3-5-14(28)6-4-13/h3-6,28H,7-10H2,1-2H3. The van der Waals surface area contributed by atoms with Crippen LogP contribution in [0.5, 0.6) is 5.75 Å². The molecule has 1 aliphatic heterocycles. The summed E-state index contributed by atoms with van der Waals surface area (Å²) >= 11 is 0. The fourth-order valence-electron chi connectivity index (χ4n) is 3.43. The first-order valence-corrected chi connectivity index (χ1v) is 8.84. The maximum atomic E-state index is 13.2. The van der Waals surface area contributed by atoms with Crippen molar-refractivity contribution in [1.82, 2.24) is 19.8 Å². The van der Waals surface area contributed by atoms with E-state index in [1.165, 1.54) is 0 Å². The largest absolute Gasteiger partial charge is 0.508 e. The van der Waals surface area contributed by atoms with Crippen LogP contribution in [0.3, 0.4) is 0 Å². The van der Waals surface area contributed by atoms with Gasteiger partial charge in [0.05, 0.1) is 0 Å². The molecule has 1 saturated heterocycles. The van der Waals surface area contributed by atoms with Crippen molar-refractivity contribution in [2.45, 2.75) is 20.0 Å². The number of rotatable bonds is 2. The van der Waals surface area contributed by atoms with Crippen molar-refractivity contribution in [3.63, 3.8) is 0 Å². The first-order valence-electron chi connectivity index (χ1n) is 8.84. The molecule has 0 spiro atoms. The fourth-order valence-corrected chi connectivity index (χ4v) is 3.43. The zero-order chi connectivity index (χ0) is 20.1. The molecule has 148 valence electrons. The molecule has 0 atom stereocenters. The van der Waals surface area contributed by atoms with E-state index in [4.69, 9.17) is 0 Å². The molecule has 2 aromatic heterocycles. The number of fused-ring (bicyclic) bond motifs is 1. The van der Waals surface area contributed by atoms with Gasteiger partial charge in [0.15, 0.2) is 11.5 Å². The van der Waals surface area contributed by atoms with E-state index in [1.807, 2.05) is 24.0 Å². The maximum Gasteiger partial charge on any atom is 0.453 e. The van der Waals surface area contributed by atoms with Gasteiger partial charge in [-0.15, -0.1) is 15.3 Å². The lowest BCUT2D eigenvalue weighted by atomic mass is 10.1. The number of hydrogen-bond acceptors (Lipinski definition) is 6. The summed E-state index contributed by atoms with van der Waals surface area (Å²) < 4.78 is 40.5. The number of nitrogens with zero attached hydrogens (tertiary/aromatic N) is 6. The molecule has 0 radical (unpaired) electrons. The molecular formula is C18H19F3N6O. The van der Waals surface area contributed by atoms with E-state index >= 15 is 0 Å². The zero-order valence-electron chi connectivity index (χ0n) is 15.4. The number of piperazine rings is 1. The predicted octanol–water partition coefficient (Wildman–Crippen LogP) is 2.79. The van der Waals surface area contributed by atoms with Gasteiger partial charge in [0.1, 0.15) is 5.75 Å². The Balaban J connectivity index is 1.63. The van der Waals surface area contributed by atoms with Gasteiger partial charge in [0, 0.05) is 43.0 Å². The molecule has 0 aliphatic carbocycles. The average Bonchev–Trinajstić information content (AvgIpc) is 3.10. The SMILES string of the molecule is Cc1c(N2CCN(c3ccc(O)cc3)CC2)nn2c(C(F)(F)F)nnc2c1C. The van der Waals surface area contributed by atoms with Gasteiger partial charge in [0.2, 0.25) is 0 Å². The molecule has 1 N–H and O–H groups in total. The lowest BCUT2D eigenvalue weighted by molar-refractivity contribution is -0.146. The van der Waals surface area contributed by atoms with E-state index in [2.05, 4.69) is 20.2 Å². The van der Waals surface area contributed by atoms with Crippen LogP contribution in [-0.2, 0) is 6.18 Å². The second-order valence-corrected chi connectivity index (χ2v) is 6.82. The van der Waals surface area contributed by atoms with Crippen LogP contribution >= 0.6 is 0 Å². The lowest BCUT2D eigenvalue weighted by Crippen LogP contribution is -2.47. The number of anilines is 2. The lowest BCUT2D eigenvalue weighted by Gasteiger charge is -2.37. The molecule has 0 saturated carbocycles. The van der Waals surface area contributed by atoms with Gasteiger partial charge in [-0.1, -0.05) is 0 Å². The van der Waals surface area contributed by atoms with Gasteiger partial charge in [-0.25, -0.2) is 0 Å². The highest BCUT2D eigenvalue weighted by Gasteiger charge is 2.38. The van der Waals surface area contributed by atoms with Crippen LogP contribution in [0.1, 0.15) is 17.0 Å². The Hall–Kier alpha value is -3.04. The highest BCUT2D eigenvalue weighted by molar-refractivity contribution is 5.60. The van der Waals surface area contributed by atoms with E-state index in [1.54, 1.807) is 19.1 Å². The van der Waals surface area contributed by atoms with Gasteiger partial charge >= 0.3 is 6.18 Å². The van der Waals surface area contributed by atoms with Crippen molar-refractivity contribution in [2.24, 2.45) is 0 Å². The monoisotopic (exact) mass is 392 g/mol. The van der Waals surface area contributed by atoms with Gasteiger partial charge in [-0.2, -0.15) is 17.7 Å². The quantitative estimate of drug-likeness (QED) is 0.723. The van der Waals surface area contributed by atoms with Crippen LogP contribution in [0, 0.1) is 13.8 Å². The van der Waals surface area contributed by atoms with Crippen molar-refractivity contribution in [2.75, 3.05) is 36.0 Å². The van der Waals surface area contributed by atoms with Crippen LogP contribution in [0.25, 0.3) is 5.65 Å². The number of alkyl halides is 3. The molecule has 1 fully saturated rings. The van der Waals surface area contributed by atoms with Crippen LogP contribution in [0.15, 0.2) is 24.3 Å². The minimum Gasteiger partial charge on any atom is -0.508 e. The molecule has 1 aromatic carbocycles. The van der Waals surface area contributed by atoms with Crippen LogP contribution in [0.4, 0.5) is 24.7 Å². The van der Waals surface area contributed by atoms with Crippen molar-refractivity contribution in [3.8, 4) is 5.75 Å². The highest BCUT2D eigenvalue weighted by atomic mass is 19.4. The number of aryl methyl sites for hydroxylation is 1. The average molecular weight is 392 g/mol. The number of halogens is 3. The number of hydrogen-bond donors (Lipinski definition) is 1. The summed E-state index contributed by atoms with van der Waals surface area (Å²) in [5.41, 5.74) is 2.55. The predicted molar refractivity (Wildman–Crippen MR) is 97.8 cm³/mol. The minimum atomic E-state index is -4.62. The third-order valence-electron chi connectivity index (χ3n) is 5.12. The molecule has 0 bridgehead atoms. The Labute approximate surface area is 159 Å². The van der Waals surface area contributed by atoms with E-state index < -0.39 is 12.0 Å². The second kappa shape index (κ2) is 6.54. The number of aromatic nitrogens is 4. The van der Waals surface area contributed by atoms with Crippen LogP contribution in [0.2, 0.25) is 0 Å². The third-order valence-corrected chi connectivity index (χ3v) is 5.12. The third kappa shape index (κ3) is 3.08. The first kappa shape index (κ1) is 18.3. The topological polar surface area (TPSA) is 69.8 Å². The fraction of sp³-hybridized carbons (Fsp3) is 0.389. The molecule has 28 heavy (non-hydrogen) atoms. The van der Waals surface area contributed by atoms with Gasteiger partial charge in [-0.05, 0) is 38.1 Å². The Morgan fingerprint density at radius 3 is 2.11 bits per heavy atom. The molecule has 0 unspecified atom stereocenters. The summed E-state index contributed by atoms with van der Waals surface area (Å²) in [5, 5.41) is 20.6. The first-order chi connectivity index (χ1) is 13.3. The Bertz CT molecular complexity index is 1010. The molecule has 4 rings (SSSR count). The van der Waals surface area contributed by atoms with Gasteiger partial charge in [-0.3, -0.25) is 0 Å². The van der Waals surface area contributed by atoms with E-state index in [0.29, 0.717) is 37.6 Å². The Morgan fingerprint density at radius 2 is 1.50 bits per heavy atom. The zero-order valence-corrected chi connectivity index (χ0v) is 15.4. The highest BCUT2D eigenvalue weighted by Crippen LogP contribution is 2.31. The Morgan fingerprint density at radius 1 is 0.893 bits per heavy atom. The smallest absolute Gasteiger partial charge is 0.453 e. The summed E-state index contributed by atoms with van der Waals surface area (Å²) in [7, 11) is 0. The number of phenolic OH excluding ortho intramolecular Hbond substituents is 1. The molecule has 3 heterocycles. The van der Waals surface area contributed by atoms with Crippen molar-refractivity contribution >= 4 is 17.2 Å². The normalized spacial score (nSPS) is 15.5. The number of phenols is 1. The van der Waals surface area contributed by atoms with Crippen LogP contribution in [-0.4, -0.2) is 51.1 Å². The van der Waals surface area contributed by atoms with Gasteiger partial charge < -0.3 is 14.9 Å². The summed E-state index contributed by atoms with van der Waals surface area (Å²) in [6.45, 7) is 6.18. The maximum absolute atomic E-state index is 13.2. The van der Waals surface area contributed by atoms with Crippen molar-refractivity contribution < 1.29 is 18.3 Å². The molecule has 3 aromatic rings. The molecule has 1 aliphatic rings. The second-order valence-electron chi connectivity index (χ2n) is 6.82. The molecule has 7 nitrogen and oxygen atoms in total. The van der Waals surface area contributed by atoms with Crippen molar-refractivity contribution in [3.05, 3.63) is 41.2 Å². The Kier molecular flexibility index (Phi) is 4.28. The molecule has 10 heteroatoms. The van der Waals surface area contributed by atoms with E-state index in [9.17, 15) is 18.3 Å². The summed E-state index contributed by atoms with van der Waals surface area (Å²) in [6.07, 6.45) is -4.62. The molecular weight excluding hydrogens is 373 g/mol. The van der Waals surface area contributed by atoms with Crippen molar-refractivity contribution in [1.29, 1.82) is 0 Å². The summed E-state index contributed by atoms with van der Waals surface area (Å²) in [4.78, 5) is 4.15. The van der Waals surface area contributed by atoms with Gasteiger partial charge in [0.25, 0.3) is 5.82 Å². The number of benzene rings is 1. The van der Waals surface area contributed by atoms with Crippen LogP contribution < -0.4 is 9.80 Å². The number of aromatic hydroxyl groups is 1. The minimum absolute atomic E-state index is 0.122. The summed E-state index contributed by atoms with van der Waals surface area (Å²) in [5.74, 6) is -0.393. The summed E-state index contributed by atoms with van der Waals surface area (Å²) in [6, 6.07) is 6.96. The molecule has 0 amide bonds. The van der Waals surface area contributed by atoms with E-state index in [-0.39, 0.29) is 11.4 Å².